The molecule has 0 unspecified atom stereocenters. The van der Waals surface area contributed by atoms with Crippen LogP contribution in [-0.4, -0.2) is 37.9 Å². The second-order valence-corrected chi connectivity index (χ2v) is 11.8. The summed E-state index contributed by atoms with van der Waals surface area (Å²) in [5.74, 6) is 1.12. The molecule has 42 heavy (non-hydrogen) atoms. The van der Waals surface area contributed by atoms with Gasteiger partial charge in [-0.1, -0.05) is 89.0 Å². The zero-order valence-corrected chi connectivity index (χ0v) is 26.7. The number of nitrogens with one attached hydrogen (secondary N) is 1. The molecule has 1 fully saturated rings. The van der Waals surface area contributed by atoms with Gasteiger partial charge < -0.3 is 19.5 Å². The fourth-order valence-corrected chi connectivity index (χ4v) is 5.66. The molecule has 1 saturated carbocycles. The molecule has 0 aromatic heterocycles. The van der Waals surface area contributed by atoms with Crippen molar-refractivity contribution in [3.63, 3.8) is 0 Å². The molecule has 2 rings (SSSR count). The van der Waals surface area contributed by atoms with Crippen LogP contribution in [0.2, 0.25) is 0 Å². The number of carbonyl (C=O) groups is 2. The van der Waals surface area contributed by atoms with E-state index in [1.54, 1.807) is 6.92 Å². The van der Waals surface area contributed by atoms with Crippen molar-refractivity contribution in [1.29, 1.82) is 0 Å². The number of carbonyl (C=O) groups excluding carboxylic acids is 2. The molecule has 238 valence electrons. The van der Waals surface area contributed by atoms with Crippen LogP contribution < -0.4 is 10.1 Å². The molecule has 0 radical (unpaired) electrons. The number of hydrogen-bond donors (Lipinski definition) is 1. The Hall–Kier alpha value is -2.50. The number of benzene rings is 1. The average molecular weight is 586 g/mol. The molecule has 1 aliphatic rings. The van der Waals surface area contributed by atoms with Crippen molar-refractivity contribution in [2.45, 2.75) is 142 Å². The van der Waals surface area contributed by atoms with Gasteiger partial charge in [-0.2, -0.15) is 0 Å². The van der Waals surface area contributed by atoms with E-state index in [9.17, 15) is 9.59 Å². The smallest absolute Gasteiger partial charge is 0.407 e. The molecule has 6 nitrogen and oxygen atoms in total. The fourth-order valence-electron chi connectivity index (χ4n) is 5.66. The Morgan fingerprint density at radius 2 is 1.48 bits per heavy atom. The van der Waals surface area contributed by atoms with E-state index >= 15 is 0 Å². The van der Waals surface area contributed by atoms with Crippen molar-refractivity contribution in [2.24, 2.45) is 5.92 Å². The first-order valence-corrected chi connectivity index (χ1v) is 17.1. The third-order valence-electron chi connectivity index (χ3n) is 8.10. The highest BCUT2D eigenvalue weighted by atomic mass is 16.5. The quantitative estimate of drug-likeness (QED) is 0.0786. The van der Waals surface area contributed by atoms with Crippen LogP contribution in [0.25, 0.3) is 0 Å². The Labute approximate surface area is 256 Å². The lowest BCUT2D eigenvalue weighted by molar-refractivity contribution is -0.153. The minimum Gasteiger partial charge on any atom is -0.492 e. The second-order valence-electron chi connectivity index (χ2n) is 11.8. The first kappa shape index (κ1) is 35.7. The maximum Gasteiger partial charge on any atom is 0.407 e. The van der Waals surface area contributed by atoms with Crippen molar-refractivity contribution in [3.8, 4) is 5.75 Å². The predicted molar refractivity (Wildman–Crippen MR) is 172 cm³/mol. The zero-order valence-electron chi connectivity index (χ0n) is 26.7. The van der Waals surface area contributed by atoms with Gasteiger partial charge in [-0.05, 0) is 88.3 Å². The summed E-state index contributed by atoms with van der Waals surface area (Å²) in [7, 11) is 0. The summed E-state index contributed by atoms with van der Waals surface area (Å²) in [6.45, 7) is 5.18. The maximum absolute atomic E-state index is 12.6. The molecule has 0 saturated heterocycles. The van der Waals surface area contributed by atoms with E-state index in [1.165, 1.54) is 82.6 Å². The summed E-state index contributed by atoms with van der Waals surface area (Å²) in [6, 6.07) is 8.12. The van der Waals surface area contributed by atoms with Crippen molar-refractivity contribution < 1.29 is 23.8 Å². The first-order chi connectivity index (χ1) is 20.6. The van der Waals surface area contributed by atoms with E-state index in [0.717, 1.165) is 44.3 Å². The van der Waals surface area contributed by atoms with Gasteiger partial charge in [-0.15, -0.1) is 0 Å². The van der Waals surface area contributed by atoms with Gasteiger partial charge in [0.1, 0.15) is 18.5 Å². The van der Waals surface area contributed by atoms with Gasteiger partial charge in [0.05, 0.1) is 13.2 Å². The lowest BCUT2D eigenvalue weighted by atomic mass is 9.82. The number of allylic oxidation sites excluding steroid dienone is 2. The molecule has 1 aromatic carbocycles. The van der Waals surface area contributed by atoms with Gasteiger partial charge in [0.2, 0.25) is 0 Å². The van der Waals surface area contributed by atoms with E-state index in [2.05, 4.69) is 36.5 Å². The Balaban J connectivity index is 1.54. The Morgan fingerprint density at radius 3 is 2.17 bits per heavy atom. The van der Waals surface area contributed by atoms with Crippen LogP contribution in [0.15, 0.2) is 36.4 Å². The number of unbranched alkanes of at least 4 members (excludes halogenated alkanes) is 11. The van der Waals surface area contributed by atoms with Crippen molar-refractivity contribution >= 4 is 12.1 Å². The third kappa shape index (κ3) is 17.5. The SMILES string of the molecule is CCCCCCCC/C=C/CCCCCCCC(=O)O[C@H]1CCCC[C@@H]1Cc1ccc(OCCNC(=O)OCC)cc1. The summed E-state index contributed by atoms with van der Waals surface area (Å²) in [5.41, 5.74) is 1.23. The molecule has 0 bridgehead atoms. The minimum absolute atomic E-state index is 0.0234. The van der Waals surface area contributed by atoms with Crippen LogP contribution in [-0.2, 0) is 20.7 Å². The predicted octanol–water partition coefficient (Wildman–Crippen LogP) is 9.49. The Morgan fingerprint density at radius 1 is 0.833 bits per heavy atom. The van der Waals surface area contributed by atoms with E-state index < -0.39 is 6.09 Å². The van der Waals surface area contributed by atoms with E-state index in [-0.39, 0.29) is 12.1 Å². The number of rotatable bonds is 23. The van der Waals surface area contributed by atoms with Gasteiger partial charge in [0, 0.05) is 6.42 Å². The summed E-state index contributed by atoms with van der Waals surface area (Å²) >= 11 is 0. The van der Waals surface area contributed by atoms with Gasteiger partial charge in [-0.3, -0.25) is 4.79 Å². The van der Waals surface area contributed by atoms with Crippen LogP contribution in [0.4, 0.5) is 4.79 Å². The maximum atomic E-state index is 12.6. The van der Waals surface area contributed by atoms with Gasteiger partial charge in [0.15, 0.2) is 0 Å². The molecular weight excluding hydrogens is 526 g/mol. The molecule has 1 aliphatic carbocycles. The summed E-state index contributed by atoms with van der Waals surface area (Å²) in [6.07, 6.45) is 26.5. The van der Waals surface area contributed by atoms with E-state index in [0.29, 0.717) is 32.1 Å². The summed E-state index contributed by atoms with van der Waals surface area (Å²) in [5, 5.41) is 2.65. The van der Waals surface area contributed by atoms with Crippen molar-refractivity contribution in [2.75, 3.05) is 19.8 Å². The zero-order chi connectivity index (χ0) is 30.1. The standard InChI is InChI=1S/C36H59NO5/c1-3-5-6-7-8-9-10-11-12-13-14-15-16-17-18-23-35(38)42-34-22-20-19-21-32(34)30-31-24-26-33(27-25-31)41-29-28-37-36(39)40-4-2/h11-12,24-27,32,34H,3-10,13-23,28-30H2,1-2H3,(H,37,39)/b12-11+/t32-,34+/m1/s1. The van der Waals surface area contributed by atoms with E-state index in [1.807, 2.05) is 12.1 Å². The Bertz CT molecular complexity index is 853. The minimum atomic E-state index is -0.424. The van der Waals surface area contributed by atoms with Gasteiger partial charge in [0.25, 0.3) is 0 Å². The van der Waals surface area contributed by atoms with Gasteiger partial charge >= 0.3 is 12.1 Å². The summed E-state index contributed by atoms with van der Waals surface area (Å²) < 4.78 is 16.6. The molecule has 6 heteroatoms. The number of hydrogen-bond acceptors (Lipinski definition) is 5. The lowest BCUT2D eigenvalue weighted by Gasteiger charge is -2.31. The molecule has 0 spiro atoms. The number of ether oxygens (including phenoxy) is 3. The molecular formula is C36H59NO5. The molecule has 0 heterocycles. The Kier molecular flexibility index (Phi) is 20.4. The highest BCUT2D eigenvalue weighted by Crippen LogP contribution is 2.30. The van der Waals surface area contributed by atoms with E-state index in [4.69, 9.17) is 14.2 Å². The van der Waals surface area contributed by atoms with Gasteiger partial charge in [-0.25, -0.2) is 4.79 Å². The lowest BCUT2D eigenvalue weighted by Crippen LogP contribution is -2.31. The van der Waals surface area contributed by atoms with Crippen LogP contribution in [0.1, 0.15) is 135 Å². The molecule has 1 aromatic rings. The number of amides is 1. The summed E-state index contributed by atoms with van der Waals surface area (Å²) in [4.78, 5) is 23.9. The topological polar surface area (TPSA) is 73.9 Å². The number of alkyl carbamates (subject to hydrolysis) is 1. The van der Waals surface area contributed by atoms with Crippen LogP contribution in [0.3, 0.4) is 0 Å². The molecule has 1 N–H and O–H groups in total. The molecule has 2 atom stereocenters. The normalized spacial score (nSPS) is 16.8. The fraction of sp³-hybridized carbons (Fsp3) is 0.722. The number of esters is 1. The molecule has 1 amide bonds. The third-order valence-corrected chi connectivity index (χ3v) is 8.10. The van der Waals surface area contributed by atoms with Crippen LogP contribution in [0.5, 0.6) is 5.75 Å². The van der Waals surface area contributed by atoms with Crippen molar-refractivity contribution in [3.05, 3.63) is 42.0 Å². The van der Waals surface area contributed by atoms with Crippen molar-refractivity contribution in [1.82, 2.24) is 5.32 Å². The molecule has 0 aliphatic heterocycles. The highest BCUT2D eigenvalue weighted by Gasteiger charge is 2.28. The van der Waals surface area contributed by atoms with Crippen LogP contribution in [0, 0.1) is 5.92 Å². The monoisotopic (exact) mass is 585 g/mol. The highest BCUT2D eigenvalue weighted by molar-refractivity contribution is 5.69. The average Bonchev–Trinajstić information content (AvgIpc) is 2.99. The van der Waals surface area contributed by atoms with Crippen LogP contribution >= 0.6 is 0 Å². The largest absolute Gasteiger partial charge is 0.492 e. The second kappa shape index (κ2) is 24.0. The first-order valence-electron chi connectivity index (χ1n) is 17.1.